The Morgan fingerprint density at radius 1 is 1.43 bits per heavy atom. The van der Waals surface area contributed by atoms with Gasteiger partial charge >= 0.3 is 5.97 Å². The summed E-state index contributed by atoms with van der Waals surface area (Å²) < 4.78 is 7.01. The molecule has 2 rings (SSSR count). The lowest BCUT2D eigenvalue weighted by Crippen LogP contribution is -2.31. The van der Waals surface area contributed by atoms with Crippen molar-refractivity contribution in [3.05, 3.63) is 19.2 Å². The van der Waals surface area contributed by atoms with E-state index in [4.69, 9.17) is 10.5 Å². The van der Waals surface area contributed by atoms with Gasteiger partial charge in [-0.15, -0.1) is 11.3 Å². The van der Waals surface area contributed by atoms with Gasteiger partial charge in [0.25, 0.3) is 0 Å². The molecule has 1 aliphatic carbocycles. The Morgan fingerprint density at radius 3 is 2.62 bits per heavy atom. The van der Waals surface area contributed by atoms with E-state index in [1.807, 2.05) is 0 Å². The third kappa shape index (κ3) is 4.53. The zero-order valence-corrected chi connectivity index (χ0v) is 16.2. The molecule has 1 heterocycles. The summed E-state index contributed by atoms with van der Waals surface area (Å²) in [5.41, 5.74) is 6.43. The summed E-state index contributed by atoms with van der Waals surface area (Å²) in [6.45, 7) is 0. The molecule has 0 radical (unpaired) electrons. The fourth-order valence-corrected chi connectivity index (χ4v) is 5.34. The Kier molecular flexibility index (Phi) is 6.29. The first kappa shape index (κ1) is 17.4. The van der Waals surface area contributed by atoms with Crippen LogP contribution < -0.4 is 5.73 Å². The molecule has 0 amide bonds. The number of thiophene rings is 1. The van der Waals surface area contributed by atoms with Crippen LogP contribution in [0.25, 0.3) is 0 Å². The Hall–Kier alpha value is 0.0900. The van der Waals surface area contributed by atoms with Gasteiger partial charge in [-0.05, 0) is 62.6 Å². The minimum absolute atomic E-state index is 0.00764. The molecule has 0 bridgehead atoms. The van der Waals surface area contributed by atoms with Crippen LogP contribution in [0, 0.1) is 5.41 Å². The van der Waals surface area contributed by atoms with Crippen molar-refractivity contribution in [2.24, 2.45) is 11.1 Å². The van der Waals surface area contributed by atoms with E-state index in [9.17, 15) is 4.79 Å². The van der Waals surface area contributed by atoms with Gasteiger partial charge in [-0.1, -0.05) is 19.3 Å². The van der Waals surface area contributed by atoms with Crippen molar-refractivity contribution in [2.45, 2.75) is 51.0 Å². The third-order valence-electron chi connectivity index (χ3n) is 4.34. The van der Waals surface area contributed by atoms with Crippen LogP contribution in [0.15, 0.2) is 14.3 Å². The van der Waals surface area contributed by atoms with Gasteiger partial charge in [0.2, 0.25) is 0 Å². The van der Waals surface area contributed by atoms with Gasteiger partial charge in [0.1, 0.15) is 0 Å². The average Bonchev–Trinajstić information content (AvgIpc) is 2.79. The van der Waals surface area contributed by atoms with Gasteiger partial charge < -0.3 is 10.5 Å². The number of hydrogen-bond acceptors (Lipinski definition) is 4. The Balaban J connectivity index is 2.12. The molecule has 0 saturated heterocycles. The zero-order chi connectivity index (χ0) is 15.5. The topological polar surface area (TPSA) is 52.3 Å². The quantitative estimate of drug-likeness (QED) is 0.644. The summed E-state index contributed by atoms with van der Waals surface area (Å²) >= 11 is 8.69. The second-order valence-electron chi connectivity index (χ2n) is 5.89. The summed E-state index contributed by atoms with van der Waals surface area (Å²) in [5, 5.41) is 0. The van der Waals surface area contributed by atoms with Crippen LogP contribution in [0.5, 0.6) is 0 Å². The monoisotopic (exact) mass is 437 g/mol. The molecular formula is C15H21Br2NO2S. The summed E-state index contributed by atoms with van der Waals surface area (Å²) in [6, 6.07) is 2.05. The number of nitrogens with two attached hydrogens (primary N) is 1. The Bertz CT molecular complexity index is 478. The van der Waals surface area contributed by atoms with Crippen LogP contribution in [0.1, 0.15) is 55.9 Å². The van der Waals surface area contributed by atoms with Crippen LogP contribution >= 0.6 is 43.2 Å². The number of methoxy groups -OCH3 is 1. The van der Waals surface area contributed by atoms with Crippen LogP contribution in [-0.2, 0) is 9.53 Å². The van der Waals surface area contributed by atoms with E-state index < -0.39 is 0 Å². The van der Waals surface area contributed by atoms with Gasteiger partial charge in [0.15, 0.2) is 0 Å². The number of carbonyl (C=O) groups is 1. The first-order chi connectivity index (χ1) is 9.96. The fraction of sp³-hybridized carbons (Fsp3) is 0.667. The van der Waals surface area contributed by atoms with Gasteiger partial charge in [0.05, 0.1) is 17.3 Å². The number of carbonyl (C=O) groups excluding carboxylic acids is 1. The Labute approximate surface area is 146 Å². The number of esters is 1. The molecule has 1 aliphatic rings. The lowest BCUT2D eigenvalue weighted by atomic mass is 9.68. The predicted molar refractivity (Wildman–Crippen MR) is 93.4 cm³/mol. The van der Waals surface area contributed by atoms with E-state index in [0.717, 1.165) is 32.4 Å². The van der Waals surface area contributed by atoms with Crippen LogP contribution in [-0.4, -0.2) is 13.1 Å². The first-order valence-electron chi connectivity index (χ1n) is 7.23. The van der Waals surface area contributed by atoms with E-state index in [0.29, 0.717) is 6.42 Å². The lowest BCUT2D eigenvalue weighted by Gasteiger charge is -2.38. The number of hydrogen-bond donors (Lipinski definition) is 1. The molecule has 0 aromatic carbocycles. The van der Waals surface area contributed by atoms with Gasteiger partial charge in [-0.25, -0.2) is 0 Å². The normalized spacial score (nSPS) is 19.2. The van der Waals surface area contributed by atoms with Crippen molar-refractivity contribution < 1.29 is 9.53 Å². The molecule has 118 valence electrons. The van der Waals surface area contributed by atoms with Crippen molar-refractivity contribution >= 4 is 49.2 Å². The average molecular weight is 439 g/mol. The molecule has 1 saturated carbocycles. The molecule has 1 atom stereocenters. The summed E-state index contributed by atoms with van der Waals surface area (Å²) in [5.74, 6) is -0.113. The standard InChI is InChI=1S/C15H21Br2NO2S/c1-20-13(19)9-15(5-3-2-4-6-15)8-11(18)12-7-10(16)14(17)21-12/h7,11H,2-6,8-9,18H2,1H3. The minimum atomic E-state index is -0.113. The lowest BCUT2D eigenvalue weighted by molar-refractivity contribution is -0.144. The van der Waals surface area contributed by atoms with E-state index >= 15 is 0 Å². The molecule has 0 aliphatic heterocycles. The largest absolute Gasteiger partial charge is 0.469 e. The van der Waals surface area contributed by atoms with E-state index in [2.05, 4.69) is 37.9 Å². The predicted octanol–water partition coefficient (Wildman–Crippen LogP) is 5.18. The van der Waals surface area contributed by atoms with E-state index in [1.165, 1.54) is 26.4 Å². The van der Waals surface area contributed by atoms with Crippen molar-refractivity contribution in [3.63, 3.8) is 0 Å². The number of rotatable bonds is 5. The van der Waals surface area contributed by atoms with E-state index in [-0.39, 0.29) is 17.4 Å². The summed E-state index contributed by atoms with van der Waals surface area (Å²) in [6.07, 6.45) is 7.11. The number of ether oxygens (including phenoxy) is 1. The summed E-state index contributed by atoms with van der Waals surface area (Å²) in [7, 11) is 1.46. The van der Waals surface area contributed by atoms with Gasteiger partial charge in [0, 0.05) is 15.4 Å². The molecular weight excluding hydrogens is 418 g/mol. The van der Waals surface area contributed by atoms with Crippen molar-refractivity contribution in [1.82, 2.24) is 0 Å². The smallest absolute Gasteiger partial charge is 0.306 e. The second kappa shape index (κ2) is 7.57. The molecule has 0 spiro atoms. The van der Waals surface area contributed by atoms with Crippen molar-refractivity contribution in [2.75, 3.05) is 7.11 Å². The Morgan fingerprint density at radius 2 is 2.10 bits per heavy atom. The van der Waals surface area contributed by atoms with Crippen LogP contribution in [0.2, 0.25) is 0 Å². The fourth-order valence-electron chi connectivity index (χ4n) is 3.25. The summed E-state index contributed by atoms with van der Waals surface area (Å²) in [4.78, 5) is 12.9. The molecule has 21 heavy (non-hydrogen) atoms. The molecule has 1 aromatic heterocycles. The maximum absolute atomic E-state index is 11.8. The maximum Gasteiger partial charge on any atom is 0.306 e. The van der Waals surface area contributed by atoms with Gasteiger partial charge in [-0.3, -0.25) is 4.79 Å². The highest BCUT2D eigenvalue weighted by molar-refractivity contribution is 9.13. The van der Waals surface area contributed by atoms with Crippen LogP contribution in [0.3, 0.4) is 0 Å². The minimum Gasteiger partial charge on any atom is -0.469 e. The first-order valence-corrected chi connectivity index (χ1v) is 9.63. The highest BCUT2D eigenvalue weighted by Crippen LogP contribution is 2.47. The third-order valence-corrected chi connectivity index (χ3v) is 7.73. The maximum atomic E-state index is 11.8. The van der Waals surface area contributed by atoms with Crippen molar-refractivity contribution in [3.8, 4) is 0 Å². The molecule has 2 N–H and O–H groups in total. The SMILES string of the molecule is COC(=O)CC1(CC(N)c2cc(Br)c(Br)s2)CCCCC1. The molecule has 3 nitrogen and oxygen atoms in total. The molecule has 1 aromatic rings. The highest BCUT2D eigenvalue weighted by atomic mass is 79.9. The molecule has 6 heteroatoms. The molecule has 1 unspecified atom stereocenters. The van der Waals surface area contributed by atoms with Gasteiger partial charge in [-0.2, -0.15) is 0 Å². The van der Waals surface area contributed by atoms with E-state index in [1.54, 1.807) is 11.3 Å². The highest BCUT2D eigenvalue weighted by Gasteiger charge is 2.36. The second-order valence-corrected chi connectivity index (χ2v) is 9.15. The van der Waals surface area contributed by atoms with Crippen LogP contribution in [0.4, 0.5) is 0 Å². The molecule has 1 fully saturated rings. The zero-order valence-electron chi connectivity index (χ0n) is 12.2. The number of halogens is 2. The van der Waals surface area contributed by atoms with Crippen molar-refractivity contribution in [1.29, 1.82) is 0 Å².